The third-order valence-corrected chi connectivity index (χ3v) is 2.76. The Labute approximate surface area is 126 Å². The Morgan fingerprint density at radius 1 is 1.25 bits per heavy atom. The van der Waals surface area contributed by atoms with Gasteiger partial charge in [0.25, 0.3) is 5.69 Å². The molecule has 0 saturated heterocycles. The van der Waals surface area contributed by atoms with Gasteiger partial charge in [-0.3, -0.25) is 14.9 Å². The standard InChI is InChI=1S/C14H13N2O3.BrH/c1-11-5-7-15(8-6-11)10-14(17)12-3-2-4-13(9-12)16(18)19;/h2-9H,10H2,1H3;1H/q+1;. The molecular formula is C14H14BrN2O3+. The quantitative estimate of drug-likeness (QED) is 0.373. The number of carbonyl (C=O) groups excluding carboxylic acids is 1. The summed E-state index contributed by atoms with van der Waals surface area (Å²) in [6.07, 6.45) is 3.62. The third kappa shape index (κ3) is 3.96. The number of non-ortho nitro benzene ring substituents is 1. The number of Topliss-reactive ketones (excluding diaryl/α,β-unsaturated/α-hetero) is 1. The van der Waals surface area contributed by atoms with E-state index >= 15 is 0 Å². The zero-order valence-electron chi connectivity index (χ0n) is 10.9. The number of benzene rings is 1. The molecule has 0 unspecified atom stereocenters. The second-order valence-corrected chi connectivity index (χ2v) is 4.28. The Balaban J connectivity index is 0.00000200. The molecule has 104 valence electrons. The normalized spacial score (nSPS) is 9.65. The number of rotatable bonds is 4. The molecule has 0 radical (unpaired) electrons. The summed E-state index contributed by atoms with van der Waals surface area (Å²) in [4.78, 5) is 22.2. The van der Waals surface area contributed by atoms with Gasteiger partial charge in [0, 0.05) is 29.8 Å². The summed E-state index contributed by atoms with van der Waals surface area (Å²) in [5.41, 5.74) is 1.39. The van der Waals surface area contributed by atoms with Crippen LogP contribution in [0.1, 0.15) is 15.9 Å². The van der Waals surface area contributed by atoms with Crippen molar-refractivity contribution >= 4 is 28.5 Å². The number of hydrogen-bond donors (Lipinski definition) is 0. The number of ketones is 1. The first kappa shape index (κ1) is 16.0. The number of aromatic nitrogens is 1. The van der Waals surface area contributed by atoms with E-state index in [-0.39, 0.29) is 35.0 Å². The molecule has 2 rings (SSSR count). The number of hydrogen-bond acceptors (Lipinski definition) is 3. The van der Waals surface area contributed by atoms with Crippen LogP contribution in [0.25, 0.3) is 0 Å². The van der Waals surface area contributed by atoms with Crippen LogP contribution in [-0.4, -0.2) is 10.7 Å². The van der Waals surface area contributed by atoms with E-state index in [4.69, 9.17) is 0 Å². The van der Waals surface area contributed by atoms with Gasteiger partial charge in [0.05, 0.1) is 4.92 Å². The van der Waals surface area contributed by atoms with Crippen molar-refractivity contribution in [1.82, 2.24) is 0 Å². The van der Waals surface area contributed by atoms with Gasteiger partial charge >= 0.3 is 0 Å². The van der Waals surface area contributed by atoms with Crippen LogP contribution in [0, 0.1) is 17.0 Å². The average molecular weight is 338 g/mol. The third-order valence-electron chi connectivity index (χ3n) is 2.76. The molecule has 20 heavy (non-hydrogen) atoms. The maximum Gasteiger partial charge on any atom is 0.270 e. The predicted molar refractivity (Wildman–Crippen MR) is 79.1 cm³/mol. The highest BCUT2D eigenvalue weighted by molar-refractivity contribution is 8.93. The number of aryl methyl sites for hydroxylation is 1. The molecule has 5 nitrogen and oxygen atoms in total. The van der Waals surface area contributed by atoms with Crippen molar-refractivity contribution in [1.29, 1.82) is 0 Å². The van der Waals surface area contributed by atoms with E-state index in [1.54, 1.807) is 10.6 Å². The van der Waals surface area contributed by atoms with Crippen molar-refractivity contribution in [3.05, 3.63) is 70.0 Å². The van der Waals surface area contributed by atoms with Crippen molar-refractivity contribution in [2.75, 3.05) is 0 Å². The van der Waals surface area contributed by atoms with E-state index in [0.29, 0.717) is 5.56 Å². The molecule has 0 amide bonds. The molecule has 0 N–H and O–H groups in total. The van der Waals surface area contributed by atoms with Crippen LogP contribution in [0.3, 0.4) is 0 Å². The first-order chi connectivity index (χ1) is 9.06. The molecule has 2 aromatic rings. The van der Waals surface area contributed by atoms with Gasteiger partial charge in [0.1, 0.15) is 0 Å². The van der Waals surface area contributed by atoms with Crippen molar-refractivity contribution < 1.29 is 14.3 Å². The summed E-state index contributed by atoms with van der Waals surface area (Å²) >= 11 is 0. The van der Waals surface area contributed by atoms with Crippen molar-refractivity contribution in [2.24, 2.45) is 0 Å². The van der Waals surface area contributed by atoms with Gasteiger partial charge < -0.3 is 0 Å². The monoisotopic (exact) mass is 337 g/mol. The fourth-order valence-electron chi connectivity index (χ4n) is 1.69. The molecule has 6 heteroatoms. The summed E-state index contributed by atoms with van der Waals surface area (Å²) < 4.78 is 1.74. The van der Waals surface area contributed by atoms with Crippen LogP contribution in [0.5, 0.6) is 0 Å². The summed E-state index contributed by atoms with van der Waals surface area (Å²) in [5, 5.41) is 10.7. The van der Waals surface area contributed by atoms with E-state index < -0.39 is 4.92 Å². The summed E-state index contributed by atoms with van der Waals surface area (Å²) in [5.74, 6) is -0.155. The molecule has 0 fully saturated rings. The highest BCUT2D eigenvalue weighted by atomic mass is 79.9. The highest BCUT2D eigenvalue weighted by Crippen LogP contribution is 2.13. The Bertz CT molecular complexity index is 627. The van der Waals surface area contributed by atoms with Crippen molar-refractivity contribution in [2.45, 2.75) is 13.5 Å². The molecule has 0 atom stereocenters. The Hall–Kier alpha value is -2.08. The lowest BCUT2D eigenvalue weighted by atomic mass is 10.1. The van der Waals surface area contributed by atoms with E-state index in [1.165, 1.54) is 18.2 Å². The molecule has 0 saturated carbocycles. The van der Waals surface area contributed by atoms with E-state index in [2.05, 4.69) is 0 Å². The lowest BCUT2D eigenvalue weighted by Gasteiger charge is -1.99. The van der Waals surface area contributed by atoms with Crippen molar-refractivity contribution in [3.8, 4) is 0 Å². The molecule has 0 aliphatic carbocycles. The number of nitro benzene ring substituents is 1. The number of pyridine rings is 1. The average Bonchev–Trinajstić information content (AvgIpc) is 2.41. The Morgan fingerprint density at radius 2 is 1.90 bits per heavy atom. The minimum Gasteiger partial charge on any atom is -0.287 e. The van der Waals surface area contributed by atoms with Crippen LogP contribution in [0.2, 0.25) is 0 Å². The van der Waals surface area contributed by atoms with Crippen LogP contribution in [0.15, 0.2) is 48.8 Å². The van der Waals surface area contributed by atoms with E-state index in [1.807, 2.05) is 31.5 Å². The molecule has 0 bridgehead atoms. The first-order valence-electron chi connectivity index (χ1n) is 5.79. The van der Waals surface area contributed by atoms with E-state index in [0.717, 1.165) is 5.56 Å². The second kappa shape index (κ2) is 6.91. The summed E-state index contributed by atoms with van der Waals surface area (Å²) in [7, 11) is 0. The van der Waals surface area contributed by atoms with Gasteiger partial charge in [0.15, 0.2) is 12.4 Å². The van der Waals surface area contributed by atoms with Crippen LogP contribution >= 0.6 is 17.0 Å². The zero-order valence-corrected chi connectivity index (χ0v) is 12.6. The number of nitro groups is 1. The van der Waals surface area contributed by atoms with Crippen LogP contribution < -0.4 is 4.57 Å². The molecule has 1 heterocycles. The maximum atomic E-state index is 12.0. The molecule has 0 spiro atoms. The van der Waals surface area contributed by atoms with Crippen LogP contribution in [-0.2, 0) is 6.54 Å². The predicted octanol–water partition coefficient (Wildman–Crippen LogP) is 2.65. The largest absolute Gasteiger partial charge is 0.287 e. The van der Waals surface area contributed by atoms with E-state index in [9.17, 15) is 14.9 Å². The minimum absolute atomic E-state index is 0. The number of nitrogens with zero attached hydrogens (tertiary/aromatic N) is 2. The van der Waals surface area contributed by atoms with Gasteiger partial charge in [-0.2, -0.15) is 4.57 Å². The number of halogens is 1. The van der Waals surface area contributed by atoms with Gasteiger partial charge in [-0.05, 0) is 12.5 Å². The molecular weight excluding hydrogens is 324 g/mol. The fourth-order valence-corrected chi connectivity index (χ4v) is 1.69. The second-order valence-electron chi connectivity index (χ2n) is 4.28. The van der Waals surface area contributed by atoms with Crippen LogP contribution in [0.4, 0.5) is 5.69 Å². The SMILES string of the molecule is Br.Cc1cc[n+](CC(=O)c2cccc([N+](=O)[O-])c2)cc1. The zero-order chi connectivity index (χ0) is 13.8. The van der Waals surface area contributed by atoms with Gasteiger partial charge in [-0.15, -0.1) is 17.0 Å². The highest BCUT2D eigenvalue weighted by Gasteiger charge is 2.15. The van der Waals surface area contributed by atoms with Gasteiger partial charge in [-0.1, -0.05) is 12.1 Å². The fraction of sp³-hybridized carbons (Fsp3) is 0.143. The maximum absolute atomic E-state index is 12.0. The Morgan fingerprint density at radius 3 is 2.50 bits per heavy atom. The summed E-state index contributed by atoms with van der Waals surface area (Å²) in [6, 6.07) is 9.59. The molecule has 1 aromatic heterocycles. The lowest BCUT2D eigenvalue weighted by Crippen LogP contribution is -2.37. The van der Waals surface area contributed by atoms with Gasteiger partial charge in [-0.25, -0.2) is 0 Å². The van der Waals surface area contributed by atoms with Gasteiger partial charge in [0.2, 0.25) is 12.3 Å². The Kier molecular flexibility index (Phi) is 5.52. The molecule has 0 aliphatic rings. The summed E-state index contributed by atoms with van der Waals surface area (Å²) in [6.45, 7) is 2.13. The molecule has 1 aromatic carbocycles. The first-order valence-corrected chi connectivity index (χ1v) is 5.79. The number of carbonyl (C=O) groups is 1. The molecule has 0 aliphatic heterocycles. The topological polar surface area (TPSA) is 64.1 Å². The smallest absolute Gasteiger partial charge is 0.270 e. The van der Waals surface area contributed by atoms with Crippen molar-refractivity contribution in [3.63, 3.8) is 0 Å². The minimum atomic E-state index is -0.504. The lowest BCUT2D eigenvalue weighted by molar-refractivity contribution is -0.683.